The second-order valence-electron chi connectivity index (χ2n) is 5.69. The number of benzene rings is 1. The number of hydrogen-bond acceptors (Lipinski definition) is 5. The maximum atomic E-state index is 12.8. The maximum Gasteiger partial charge on any atom is 0.243 e. The molecule has 142 valence electrons. The monoisotopic (exact) mass is 412 g/mol. The highest BCUT2D eigenvalue weighted by molar-refractivity contribution is 7.99. The molecule has 0 aliphatic carbocycles. The molecule has 0 aliphatic heterocycles. The van der Waals surface area contributed by atoms with Crippen LogP contribution in [0.1, 0.15) is 24.3 Å². The number of aryl methyl sites for hydroxylation is 1. The summed E-state index contributed by atoms with van der Waals surface area (Å²) in [6.07, 6.45) is 0. The normalized spacial score (nSPS) is 11.7. The van der Waals surface area contributed by atoms with Gasteiger partial charge in [0.2, 0.25) is 15.9 Å². The number of thiophene rings is 1. The molecule has 0 bridgehead atoms. The molecule has 26 heavy (non-hydrogen) atoms. The third kappa shape index (κ3) is 5.33. The molecule has 1 amide bonds. The molecule has 1 heterocycles. The van der Waals surface area contributed by atoms with Crippen LogP contribution in [0.2, 0.25) is 0 Å². The fourth-order valence-electron chi connectivity index (χ4n) is 2.49. The predicted molar refractivity (Wildman–Crippen MR) is 110 cm³/mol. The number of carbonyl (C=O) groups excluding carboxylic acids is 1. The van der Waals surface area contributed by atoms with E-state index < -0.39 is 10.0 Å². The van der Waals surface area contributed by atoms with Gasteiger partial charge in [0.15, 0.2) is 0 Å². The van der Waals surface area contributed by atoms with E-state index >= 15 is 0 Å². The molecular weight excluding hydrogens is 388 g/mol. The summed E-state index contributed by atoms with van der Waals surface area (Å²) in [4.78, 5) is 13.6. The van der Waals surface area contributed by atoms with Crippen LogP contribution in [0.15, 0.2) is 40.6 Å². The summed E-state index contributed by atoms with van der Waals surface area (Å²) < 4.78 is 26.9. The molecule has 0 fully saturated rings. The molecule has 2 aromatic rings. The molecule has 1 N–H and O–H groups in total. The van der Waals surface area contributed by atoms with Gasteiger partial charge in [-0.05, 0) is 36.1 Å². The van der Waals surface area contributed by atoms with Crippen LogP contribution in [0.3, 0.4) is 0 Å². The summed E-state index contributed by atoms with van der Waals surface area (Å²) >= 11 is 3.20. The van der Waals surface area contributed by atoms with E-state index in [4.69, 9.17) is 0 Å². The Morgan fingerprint density at radius 2 is 1.96 bits per heavy atom. The van der Waals surface area contributed by atoms with Gasteiger partial charge in [-0.3, -0.25) is 4.79 Å². The lowest BCUT2D eigenvalue weighted by molar-refractivity contribution is -0.113. The largest absolute Gasteiger partial charge is 0.325 e. The first-order valence-electron chi connectivity index (χ1n) is 8.39. The molecule has 0 spiro atoms. The van der Waals surface area contributed by atoms with E-state index in [1.54, 1.807) is 36.5 Å². The van der Waals surface area contributed by atoms with Gasteiger partial charge in [0.05, 0.1) is 10.6 Å². The first-order chi connectivity index (χ1) is 12.4. The van der Waals surface area contributed by atoms with Crippen molar-refractivity contribution in [3.05, 3.63) is 46.2 Å². The molecule has 0 aliphatic rings. The van der Waals surface area contributed by atoms with E-state index in [0.29, 0.717) is 30.1 Å². The lowest BCUT2D eigenvalue weighted by Crippen LogP contribution is -2.31. The van der Waals surface area contributed by atoms with Crippen LogP contribution in [0.4, 0.5) is 5.69 Å². The molecule has 0 saturated carbocycles. The van der Waals surface area contributed by atoms with Gasteiger partial charge in [0, 0.05) is 29.4 Å². The van der Waals surface area contributed by atoms with Gasteiger partial charge in [0.25, 0.3) is 0 Å². The molecular formula is C18H24N2O3S3. The van der Waals surface area contributed by atoms with Crippen molar-refractivity contribution < 1.29 is 13.2 Å². The zero-order valence-electron chi connectivity index (χ0n) is 15.2. The van der Waals surface area contributed by atoms with Crippen molar-refractivity contribution in [2.24, 2.45) is 0 Å². The Morgan fingerprint density at radius 3 is 2.58 bits per heavy atom. The highest BCUT2D eigenvalue weighted by atomic mass is 32.2. The van der Waals surface area contributed by atoms with E-state index in [0.717, 1.165) is 5.75 Å². The molecule has 5 nitrogen and oxygen atoms in total. The first kappa shape index (κ1) is 21.0. The summed E-state index contributed by atoms with van der Waals surface area (Å²) in [5.41, 5.74) is 1.17. The van der Waals surface area contributed by atoms with Crippen molar-refractivity contribution in [3.63, 3.8) is 0 Å². The van der Waals surface area contributed by atoms with E-state index in [1.807, 2.05) is 31.4 Å². The van der Waals surface area contributed by atoms with Gasteiger partial charge >= 0.3 is 0 Å². The van der Waals surface area contributed by atoms with E-state index in [1.165, 1.54) is 20.9 Å². The van der Waals surface area contributed by atoms with Crippen molar-refractivity contribution >= 4 is 44.7 Å². The van der Waals surface area contributed by atoms with Crippen LogP contribution in [0.25, 0.3) is 0 Å². The third-order valence-electron chi connectivity index (χ3n) is 3.85. The van der Waals surface area contributed by atoms with Crippen LogP contribution >= 0.6 is 23.1 Å². The van der Waals surface area contributed by atoms with Crippen LogP contribution in [0, 0.1) is 6.92 Å². The molecule has 8 heteroatoms. The molecule has 0 atom stereocenters. The summed E-state index contributed by atoms with van der Waals surface area (Å²) in [7, 11) is -3.56. The fraction of sp³-hybridized carbons (Fsp3) is 0.389. The minimum absolute atomic E-state index is 0.137. The van der Waals surface area contributed by atoms with E-state index in [-0.39, 0.29) is 10.8 Å². The van der Waals surface area contributed by atoms with Crippen LogP contribution in [0.5, 0.6) is 0 Å². The Labute approximate surface area is 163 Å². The summed E-state index contributed by atoms with van der Waals surface area (Å²) in [6, 6.07) is 9.04. The van der Waals surface area contributed by atoms with Crippen molar-refractivity contribution in [1.29, 1.82) is 0 Å². The first-order valence-corrected chi connectivity index (χ1v) is 11.9. The zero-order chi connectivity index (χ0) is 19.2. The Bertz CT molecular complexity index is 829. The topological polar surface area (TPSA) is 66.5 Å². The van der Waals surface area contributed by atoms with Gasteiger partial charge in [-0.2, -0.15) is 4.31 Å². The number of hydrogen-bond donors (Lipinski definition) is 1. The molecule has 0 saturated heterocycles. The van der Waals surface area contributed by atoms with Gasteiger partial charge < -0.3 is 5.32 Å². The number of amides is 1. The Kier molecular flexibility index (Phi) is 7.69. The van der Waals surface area contributed by atoms with Crippen LogP contribution in [-0.4, -0.2) is 37.5 Å². The molecule has 0 radical (unpaired) electrons. The summed E-state index contributed by atoms with van der Waals surface area (Å²) in [5.74, 6) is 0.978. The SMILES string of the molecule is CCN(CC)S(=O)(=O)c1cc(NC(=O)CSCc2cccs2)ccc1C. The number of thioether (sulfide) groups is 1. The van der Waals surface area contributed by atoms with Crippen molar-refractivity contribution in [1.82, 2.24) is 4.31 Å². The van der Waals surface area contributed by atoms with Gasteiger partial charge in [0.1, 0.15) is 0 Å². The van der Waals surface area contributed by atoms with Gasteiger partial charge in [-0.1, -0.05) is 26.0 Å². The minimum Gasteiger partial charge on any atom is -0.325 e. The smallest absolute Gasteiger partial charge is 0.243 e. The lowest BCUT2D eigenvalue weighted by atomic mass is 10.2. The number of nitrogens with one attached hydrogen (secondary N) is 1. The number of anilines is 1. The van der Waals surface area contributed by atoms with Crippen molar-refractivity contribution in [2.75, 3.05) is 24.2 Å². The molecule has 1 aromatic carbocycles. The summed E-state index contributed by atoms with van der Waals surface area (Å²) in [5, 5.41) is 4.81. The van der Waals surface area contributed by atoms with E-state index in [2.05, 4.69) is 5.32 Å². The lowest BCUT2D eigenvalue weighted by Gasteiger charge is -2.20. The highest BCUT2D eigenvalue weighted by Crippen LogP contribution is 2.24. The molecule has 1 aromatic heterocycles. The number of nitrogens with zero attached hydrogens (tertiary/aromatic N) is 1. The van der Waals surface area contributed by atoms with Gasteiger partial charge in [-0.25, -0.2) is 8.42 Å². The second-order valence-corrected chi connectivity index (χ2v) is 9.61. The number of rotatable bonds is 9. The fourth-order valence-corrected chi connectivity index (χ4v) is 5.87. The Hall–Kier alpha value is -1.35. The maximum absolute atomic E-state index is 12.8. The van der Waals surface area contributed by atoms with E-state index in [9.17, 15) is 13.2 Å². The van der Waals surface area contributed by atoms with Gasteiger partial charge in [-0.15, -0.1) is 23.1 Å². The standard InChI is InChI=1S/C18H24N2O3S3/c1-4-20(5-2)26(22,23)17-11-15(9-8-14(17)3)19-18(21)13-24-12-16-7-6-10-25-16/h6-11H,4-5,12-13H2,1-3H3,(H,19,21). The van der Waals surface area contributed by atoms with Crippen molar-refractivity contribution in [3.8, 4) is 0 Å². The average Bonchev–Trinajstić information content (AvgIpc) is 3.10. The molecule has 0 unspecified atom stereocenters. The van der Waals surface area contributed by atoms with Crippen molar-refractivity contribution in [2.45, 2.75) is 31.4 Å². The minimum atomic E-state index is -3.56. The number of sulfonamides is 1. The van der Waals surface area contributed by atoms with Crippen LogP contribution < -0.4 is 5.32 Å². The highest BCUT2D eigenvalue weighted by Gasteiger charge is 2.24. The average molecular weight is 413 g/mol. The second kappa shape index (κ2) is 9.55. The predicted octanol–water partition coefficient (Wildman–Crippen LogP) is 3.96. The molecule has 2 rings (SSSR count). The Morgan fingerprint density at radius 1 is 1.23 bits per heavy atom. The Balaban J connectivity index is 2.05. The summed E-state index contributed by atoms with van der Waals surface area (Å²) in [6.45, 7) is 6.21. The third-order valence-corrected chi connectivity index (χ3v) is 8.09. The van der Waals surface area contributed by atoms with Crippen LogP contribution in [-0.2, 0) is 20.6 Å². The zero-order valence-corrected chi connectivity index (χ0v) is 17.6. The number of carbonyl (C=O) groups is 1. The quantitative estimate of drug-likeness (QED) is 0.677.